The summed E-state index contributed by atoms with van der Waals surface area (Å²) in [6, 6.07) is 9.87. The van der Waals surface area contributed by atoms with Gasteiger partial charge in [-0.25, -0.2) is 9.97 Å². The summed E-state index contributed by atoms with van der Waals surface area (Å²) in [7, 11) is 1.91. The summed E-state index contributed by atoms with van der Waals surface area (Å²) in [5.41, 5.74) is 4.87. The van der Waals surface area contributed by atoms with Crippen molar-refractivity contribution in [2.24, 2.45) is 7.05 Å². The van der Waals surface area contributed by atoms with Crippen LogP contribution in [0.2, 0.25) is 5.02 Å². The molecule has 0 saturated heterocycles. The fourth-order valence-electron chi connectivity index (χ4n) is 3.83. The first-order valence-electron chi connectivity index (χ1n) is 10.2. The minimum absolute atomic E-state index is 0.148. The van der Waals surface area contributed by atoms with Gasteiger partial charge in [-0.15, -0.1) is 11.3 Å². The van der Waals surface area contributed by atoms with Crippen molar-refractivity contribution in [3.8, 4) is 17.0 Å². The normalized spacial score (nSPS) is 12.2. The summed E-state index contributed by atoms with van der Waals surface area (Å²) in [4.78, 5) is 13.1. The number of rotatable bonds is 6. The molecule has 0 radical (unpaired) electrons. The van der Waals surface area contributed by atoms with Crippen LogP contribution >= 0.6 is 22.9 Å². The van der Waals surface area contributed by atoms with Crippen LogP contribution in [-0.2, 0) is 13.7 Å². The van der Waals surface area contributed by atoms with Crippen LogP contribution in [0.5, 0.6) is 5.75 Å². The number of thiazole rings is 1. The number of aliphatic hydroxyl groups excluding tert-OH is 1. The van der Waals surface area contributed by atoms with Gasteiger partial charge >= 0.3 is 0 Å². The van der Waals surface area contributed by atoms with Crippen molar-refractivity contribution in [1.82, 2.24) is 24.7 Å². The highest BCUT2D eigenvalue weighted by Crippen LogP contribution is 2.35. The number of aliphatic hydroxyl groups is 1. The maximum atomic E-state index is 10.8. The number of hydrogen-bond donors (Lipinski definition) is 1. The molecule has 0 aliphatic heterocycles. The van der Waals surface area contributed by atoms with E-state index in [1.807, 2.05) is 54.4 Å². The van der Waals surface area contributed by atoms with E-state index < -0.39 is 6.10 Å². The molecule has 1 unspecified atom stereocenters. The van der Waals surface area contributed by atoms with Crippen molar-refractivity contribution in [2.45, 2.75) is 19.6 Å². The Kier molecular flexibility index (Phi) is 5.80. The number of hydrogen-bond acceptors (Lipinski definition) is 7. The molecule has 166 valence electrons. The van der Waals surface area contributed by atoms with Gasteiger partial charge in [-0.2, -0.15) is 5.10 Å². The van der Waals surface area contributed by atoms with Gasteiger partial charge in [0.2, 0.25) is 0 Å². The first kappa shape index (κ1) is 21.5. The summed E-state index contributed by atoms with van der Waals surface area (Å²) >= 11 is 7.83. The van der Waals surface area contributed by atoms with Crippen LogP contribution in [0.15, 0.2) is 60.5 Å². The molecule has 7 nitrogen and oxygen atoms in total. The summed E-state index contributed by atoms with van der Waals surface area (Å²) in [6.45, 7) is 2.10. The lowest BCUT2D eigenvalue weighted by Gasteiger charge is -2.17. The summed E-state index contributed by atoms with van der Waals surface area (Å²) in [5, 5.41) is 18.9. The first-order valence-corrected chi connectivity index (χ1v) is 11.5. The fourth-order valence-corrected chi connectivity index (χ4v) is 4.69. The number of benzene rings is 1. The molecule has 0 fully saturated rings. The van der Waals surface area contributed by atoms with E-state index in [4.69, 9.17) is 21.3 Å². The van der Waals surface area contributed by atoms with Crippen LogP contribution in [0.25, 0.3) is 22.2 Å². The fraction of sp³-hybridized carbons (Fsp3) is 0.167. The molecule has 5 rings (SSSR count). The standard InChI is InChI=1S/C24H20ClN5O2S/c1-14-10-16(20-6-7-28-30(20)2)15-4-3-5-21(22(15)29-14)32-13-18-17(11-26-12-19(18)25)23(31)24-27-8-9-33-24/h3-12,23,31H,13H2,1-2H3. The Morgan fingerprint density at radius 3 is 2.85 bits per heavy atom. The molecule has 9 heteroatoms. The molecule has 0 bridgehead atoms. The molecule has 33 heavy (non-hydrogen) atoms. The van der Waals surface area contributed by atoms with E-state index in [9.17, 15) is 5.11 Å². The van der Waals surface area contributed by atoms with Gasteiger partial charge in [0, 0.05) is 65.0 Å². The van der Waals surface area contributed by atoms with Gasteiger partial charge < -0.3 is 9.84 Å². The molecule has 4 heterocycles. The number of aromatic nitrogens is 5. The van der Waals surface area contributed by atoms with Crippen molar-refractivity contribution in [2.75, 3.05) is 0 Å². The van der Waals surface area contributed by atoms with Gasteiger partial charge in [-0.3, -0.25) is 9.67 Å². The summed E-state index contributed by atoms with van der Waals surface area (Å²) in [5.74, 6) is 0.627. The zero-order valence-electron chi connectivity index (χ0n) is 17.9. The van der Waals surface area contributed by atoms with Crippen LogP contribution in [-0.4, -0.2) is 29.8 Å². The Labute approximate surface area is 199 Å². The van der Waals surface area contributed by atoms with Crippen molar-refractivity contribution in [3.63, 3.8) is 0 Å². The maximum absolute atomic E-state index is 10.8. The van der Waals surface area contributed by atoms with Crippen molar-refractivity contribution in [1.29, 1.82) is 0 Å². The second-order valence-corrected chi connectivity index (χ2v) is 8.89. The number of pyridine rings is 2. The molecule has 0 aliphatic rings. The molecule has 5 aromatic rings. The molecule has 1 atom stereocenters. The molecule has 1 aromatic carbocycles. The molecule has 0 aliphatic carbocycles. The number of para-hydroxylation sites is 1. The lowest BCUT2D eigenvalue weighted by atomic mass is 10.0. The number of nitrogens with zero attached hydrogens (tertiary/aromatic N) is 5. The van der Waals surface area contributed by atoms with E-state index in [2.05, 4.69) is 15.1 Å². The van der Waals surface area contributed by atoms with Gasteiger partial charge in [-0.1, -0.05) is 23.7 Å². The largest absolute Gasteiger partial charge is 0.487 e. The highest BCUT2D eigenvalue weighted by Gasteiger charge is 2.20. The van der Waals surface area contributed by atoms with E-state index in [0.717, 1.165) is 27.9 Å². The second-order valence-electron chi connectivity index (χ2n) is 7.55. The number of fused-ring (bicyclic) bond motifs is 1. The van der Waals surface area contributed by atoms with Crippen LogP contribution in [0, 0.1) is 6.92 Å². The Hall–Kier alpha value is -3.33. The number of ether oxygens (including phenoxy) is 1. The molecule has 0 amide bonds. The predicted molar refractivity (Wildman–Crippen MR) is 128 cm³/mol. The molecule has 4 aromatic heterocycles. The first-order chi connectivity index (χ1) is 16.0. The lowest BCUT2D eigenvalue weighted by Crippen LogP contribution is -2.08. The minimum Gasteiger partial charge on any atom is -0.487 e. The third-order valence-electron chi connectivity index (χ3n) is 5.42. The third-order valence-corrected chi connectivity index (χ3v) is 6.57. The monoisotopic (exact) mass is 477 g/mol. The zero-order valence-corrected chi connectivity index (χ0v) is 19.5. The van der Waals surface area contributed by atoms with Gasteiger partial charge in [0.1, 0.15) is 29.0 Å². The van der Waals surface area contributed by atoms with Gasteiger partial charge in [0.25, 0.3) is 0 Å². The molecule has 1 N–H and O–H groups in total. The summed E-state index contributed by atoms with van der Waals surface area (Å²) < 4.78 is 8.06. The van der Waals surface area contributed by atoms with E-state index >= 15 is 0 Å². The quantitative estimate of drug-likeness (QED) is 0.366. The van der Waals surface area contributed by atoms with Crippen LogP contribution in [0.1, 0.15) is 27.9 Å². The summed E-state index contributed by atoms with van der Waals surface area (Å²) in [6.07, 6.45) is 5.64. The topological polar surface area (TPSA) is 86.0 Å². The Balaban J connectivity index is 1.53. The van der Waals surface area contributed by atoms with Crippen LogP contribution < -0.4 is 4.74 Å². The average Bonchev–Trinajstić information content (AvgIpc) is 3.49. The van der Waals surface area contributed by atoms with Crippen molar-refractivity contribution < 1.29 is 9.84 Å². The van der Waals surface area contributed by atoms with Gasteiger partial charge in [0.15, 0.2) is 0 Å². The van der Waals surface area contributed by atoms with Crippen LogP contribution in [0.4, 0.5) is 0 Å². The second kappa shape index (κ2) is 8.90. The van der Waals surface area contributed by atoms with E-state index in [-0.39, 0.29) is 6.61 Å². The number of aryl methyl sites for hydroxylation is 2. The average molecular weight is 478 g/mol. The SMILES string of the molecule is Cc1cc(-c2ccnn2C)c2cccc(OCc3c(Cl)cncc3C(O)c3nccs3)c2n1. The van der Waals surface area contributed by atoms with E-state index in [0.29, 0.717) is 26.9 Å². The minimum atomic E-state index is -0.931. The Morgan fingerprint density at radius 1 is 1.21 bits per heavy atom. The highest BCUT2D eigenvalue weighted by molar-refractivity contribution is 7.09. The van der Waals surface area contributed by atoms with E-state index in [1.54, 1.807) is 24.8 Å². The molecular weight excluding hydrogens is 458 g/mol. The highest BCUT2D eigenvalue weighted by atomic mass is 35.5. The van der Waals surface area contributed by atoms with E-state index in [1.165, 1.54) is 11.3 Å². The smallest absolute Gasteiger partial charge is 0.146 e. The third kappa shape index (κ3) is 4.08. The Bertz CT molecular complexity index is 1430. The predicted octanol–water partition coefficient (Wildman–Crippen LogP) is 5.11. The zero-order chi connectivity index (χ0) is 22.9. The van der Waals surface area contributed by atoms with Crippen molar-refractivity contribution in [3.05, 3.63) is 87.4 Å². The number of halogens is 1. The molecule has 0 saturated carbocycles. The maximum Gasteiger partial charge on any atom is 0.146 e. The van der Waals surface area contributed by atoms with Gasteiger partial charge in [0.05, 0.1) is 10.7 Å². The Morgan fingerprint density at radius 2 is 2.09 bits per heavy atom. The van der Waals surface area contributed by atoms with Gasteiger partial charge in [-0.05, 0) is 25.1 Å². The molecule has 0 spiro atoms. The molecular formula is C24H20ClN5O2S. The van der Waals surface area contributed by atoms with Crippen LogP contribution in [0.3, 0.4) is 0 Å². The van der Waals surface area contributed by atoms with Crippen molar-refractivity contribution >= 4 is 33.8 Å². The lowest BCUT2D eigenvalue weighted by molar-refractivity contribution is 0.214.